The number of carbonyl (C=O) groups is 1. The minimum atomic E-state index is -0.149. The van der Waals surface area contributed by atoms with Crippen molar-refractivity contribution in [1.82, 2.24) is 4.98 Å². The number of amides is 1. The van der Waals surface area contributed by atoms with E-state index in [9.17, 15) is 4.79 Å². The van der Waals surface area contributed by atoms with Crippen molar-refractivity contribution in [2.24, 2.45) is 0 Å². The first-order chi connectivity index (χ1) is 8.58. The first kappa shape index (κ1) is 12.1. The molecular weight excluding hydrogens is 226 g/mol. The Morgan fingerprint density at radius 1 is 1.28 bits per heavy atom. The number of rotatable bonds is 2. The van der Waals surface area contributed by atoms with Crippen LogP contribution in [0, 0.1) is 13.8 Å². The summed E-state index contributed by atoms with van der Waals surface area (Å²) in [6.45, 7) is 3.72. The van der Waals surface area contributed by atoms with E-state index in [-0.39, 0.29) is 5.91 Å². The molecule has 1 aromatic heterocycles. The van der Waals surface area contributed by atoms with Crippen molar-refractivity contribution in [2.75, 3.05) is 11.1 Å². The number of nitrogen functional groups attached to an aromatic ring is 1. The third-order valence-electron chi connectivity index (χ3n) is 2.75. The SMILES string of the molecule is Cc1cc(N)ccc1C(=O)Nc1cccnc1C. The molecule has 0 saturated carbocycles. The van der Waals surface area contributed by atoms with E-state index in [1.807, 2.05) is 19.9 Å². The average molecular weight is 241 g/mol. The van der Waals surface area contributed by atoms with Crippen LogP contribution in [-0.2, 0) is 0 Å². The van der Waals surface area contributed by atoms with Gasteiger partial charge in [0.15, 0.2) is 0 Å². The predicted molar refractivity (Wildman–Crippen MR) is 72.5 cm³/mol. The van der Waals surface area contributed by atoms with Gasteiger partial charge in [-0.1, -0.05) is 0 Å². The lowest BCUT2D eigenvalue weighted by Crippen LogP contribution is -2.14. The predicted octanol–water partition coefficient (Wildman–Crippen LogP) is 2.53. The minimum absolute atomic E-state index is 0.149. The lowest BCUT2D eigenvalue weighted by atomic mass is 10.1. The van der Waals surface area contributed by atoms with E-state index < -0.39 is 0 Å². The van der Waals surface area contributed by atoms with Crippen LogP contribution >= 0.6 is 0 Å². The Morgan fingerprint density at radius 2 is 2.06 bits per heavy atom. The maximum atomic E-state index is 12.1. The second-order valence-corrected chi connectivity index (χ2v) is 4.16. The summed E-state index contributed by atoms with van der Waals surface area (Å²) < 4.78 is 0. The largest absolute Gasteiger partial charge is 0.399 e. The van der Waals surface area contributed by atoms with Crippen LogP contribution in [0.25, 0.3) is 0 Å². The van der Waals surface area contributed by atoms with Gasteiger partial charge in [-0.15, -0.1) is 0 Å². The minimum Gasteiger partial charge on any atom is -0.399 e. The van der Waals surface area contributed by atoms with Gasteiger partial charge < -0.3 is 11.1 Å². The molecule has 92 valence electrons. The maximum Gasteiger partial charge on any atom is 0.255 e. The summed E-state index contributed by atoms with van der Waals surface area (Å²) in [6.07, 6.45) is 1.69. The standard InChI is InChI=1S/C14H15N3O/c1-9-8-11(15)5-6-12(9)14(18)17-13-4-3-7-16-10(13)2/h3-8H,15H2,1-2H3,(H,17,18). The zero-order chi connectivity index (χ0) is 13.1. The number of pyridine rings is 1. The molecule has 0 unspecified atom stereocenters. The molecule has 0 fully saturated rings. The first-order valence-corrected chi connectivity index (χ1v) is 5.67. The molecule has 2 aromatic rings. The van der Waals surface area contributed by atoms with Gasteiger partial charge in [0.1, 0.15) is 0 Å². The van der Waals surface area contributed by atoms with E-state index in [0.717, 1.165) is 16.9 Å². The number of benzene rings is 1. The molecule has 4 heteroatoms. The molecule has 1 heterocycles. The van der Waals surface area contributed by atoms with Crippen molar-refractivity contribution in [1.29, 1.82) is 0 Å². The van der Waals surface area contributed by atoms with Crippen LogP contribution in [0.4, 0.5) is 11.4 Å². The van der Waals surface area contributed by atoms with E-state index in [2.05, 4.69) is 10.3 Å². The van der Waals surface area contributed by atoms with E-state index in [0.29, 0.717) is 11.3 Å². The van der Waals surface area contributed by atoms with Crippen molar-refractivity contribution in [2.45, 2.75) is 13.8 Å². The fraction of sp³-hybridized carbons (Fsp3) is 0.143. The highest BCUT2D eigenvalue weighted by molar-refractivity contribution is 6.05. The lowest BCUT2D eigenvalue weighted by Gasteiger charge is -2.09. The number of anilines is 2. The van der Waals surface area contributed by atoms with Crippen LogP contribution in [0.2, 0.25) is 0 Å². The zero-order valence-corrected chi connectivity index (χ0v) is 10.4. The molecule has 3 N–H and O–H groups in total. The van der Waals surface area contributed by atoms with E-state index >= 15 is 0 Å². The molecule has 0 saturated heterocycles. The molecule has 0 aliphatic carbocycles. The van der Waals surface area contributed by atoms with Gasteiger partial charge in [-0.25, -0.2) is 0 Å². The molecule has 2 rings (SSSR count). The summed E-state index contributed by atoms with van der Waals surface area (Å²) >= 11 is 0. The number of nitrogens with two attached hydrogens (primary N) is 1. The number of carbonyl (C=O) groups excluding carboxylic acids is 1. The summed E-state index contributed by atoms with van der Waals surface area (Å²) in [5.41, 5.74) is 9.30. The highest BCUT2D eigenvalue weighted by atomic mass is 16.1. The van der Waals surface area contributed by atoms with Gasteiger partial charge in [-0.3, -0.25) is 9.78 Å². The molecule has 0 atom stereocenters. The fourth-order valence-corrected chi connectivity index (χ4v) is 1.75. The highest BCUT2D eigenvalue weighted by Crippen LogP contribution is 2.16. The summed E-state index contributed by atoms with van der Waals surface area (Å²) in [6, 6.07) is 8.85. The normalized spacial score (nSPS) is 10.1. The summed E-state index contributed by atoms with van der Waals surface area (Å²) in [5, 5.41) is 2.84. The fourth-order valence-electron chi connectivity index (χ4n) is 1.75. The Balaban J connectivity index is 2.25. The van der Waals surface area contributed by atoms with Crippen molar-refractivity contribution < 1.29 is 4.79 Å². The van der Waals surface area contributed by atoms with Gasteiger partial charge in [-0.2, -0.15) is 0 Å². The third kappa shape index (κ3) is 2.48. The molecule has 1 aromatic carbocycles. The van der Waals surface area contributed by atoms with Crippen molar-refractivity contribution >= 4 is 17.3 Å². The molecular formula is C14H15N3O. The van der Waals surface area contributed by atoms with Gasteiger partial charge in [0.2, 0.25) is 0 Å². The van der Waals surface area contributed by atoms with E-state index in [1.165, 1.54) is 0 Å². The number of hydrogen-bond acceptors (Lipinski definition) is 3. The Hall–Kier alpha value is -2.36. The lowest BCUT2D eigenvalue weighted by molar-refractivity contribution is 0.102. The molecule has 0 aliphatic rings. The van der Waals surface area contributed by atoms with Crippen molar-refractivity contribution in [3.63, 3.8) is 0 Å². The second kappa shape index (κ2) is 4.87. The highest BCUT2D eigenvalue weighted by Gasteiger charge is 2.10. The van der Waals surface area contributed by atoms with Crippen LogP contribution in [0.3, 0.4) is 0 Å². The third-order valence-corrected chi connectivity index (χ3v) is 2.75. The Morgan fingerprint density at radius 3 is 2.72 bits per heavy atom. The van der Waals surface area contributed by atoms with Crippen LogP contribution in [0.5, 0.6) is 0 Å². The van der Waals surface area contributed by atoms with Crippen LogP contribution in [0.1, 0.15) is 21.6 Å². The number of nitrogens with zero attached hydrogens (tertiary/aromatic N) is 1. The molecule has 0 spiro atoms. The van der Waals surface area contributed by atoms with Crippen molar-refractivity contribution in [3.8, 4) is 0 Å². The van der Waals surface area contributed by atoms with Gasteiger partial charge >= 0.3 is 0 Å². The van der Waals surface area contributed by atoms with E-state index in [4.69, 9.17) is 5.73 Å². The number of aryl methyl sites for hydroxylation is 2. The topological polar surface area (TPSA) is 68.0 Å². The van der Waals surface area contributed by atoms with Gasteiger partial charge in [-0.05, 0) is 49.7 Å². The summed E-state index contributed by atoms with van der Waals surface area (Å²) in [5.74, 6) is -0.149. The second-order valence-electron chi connectivity index (χ2n) is 4.16. The number of nitrogens with one attached hydrogen (secondary N) is 1. The van der Waals surface area contributed by atoms with Crippen LogP contribution in [0.15, 0.2) is 36.5 Å². The van der Waals surface area contributed by atoms with E-state index in [1.54, 1.807) is 30.5 Å². The Labute approximate surface area is 106 Å². The Bertz CT molecular complexity index is 593. The van der Waals surface area contributed by atoms with Gasteiger partial charge in [0, 0.05) is 17.4 Å². The van der Waals surface area contributed by atoms with Gasteiger partial charge in [0.25, 0.3) is 5.91 Å². The Kier molecular flexibility index (Phi) is 3.28. The molecule has 18 heavy (non-hydrogen) atoms. The summed E-state index contributed by atoms with van der Waals surface area (Å²) in [7, 11) is 0. The first-order valence-electron chi connectivity index (χ1n) is 5.67. The number of aromatic nitrogens is 1. The summed E-state index contributed by atoms with van der Waals surface area (Å²) in [4.78, 5) is 16.2. The molecule has 0 radical (unpaired) electrons. The molecule has 0 aliphatic heterocycles. The maximum absolute atomic E-state index is 12.1. The average Bonchev–Trinajstić information content (AvgIpc) is 2.32. The van der Waals surface area contributed by atoms with Crippen LogP contribution in [-0.4, -0.2) is 10.9 Å². The number of hydrogen-bond donors (Lipinski definition) is 2. The molecule has 4 nitrogen and oxygen atoms in total. The molecule has 1 amide bonds. The smallest absolute Gasteiger partial charge is 0.255 e. The zero-order valence-electron chi connectivity index (χ0n) is 10.4. The van der Waals surface area contributed by atoms with Crippen molar-refractivity contribution in [3.05, 3.63) is 53.3 Å². The van der Waals surface area contributed by atoms with Gasteiger partial charge in [0.05, 0.1) is 11.4 Å². The monoisotopic (exact) mass is 241 g/mol. The van der Waals surface area contributed by atoms with Crippen LogP contribution < -0.4 is 11.1 Å². The molecule has 0 bridgehead atoms. The quantitative estimate of drug-likeness (QED) is 0.794.